The second-order valence-electron chi connectivity index (χ2n) is 5.02. The van der Waals surface area contributed by atoms with Crippen molar-refractivity contribution in [3.8, 4) is 11.5 Å². The molecule has 21 heavy (non-hydrogen) atoms. The number of hydrogen-bond acceptors (Lipinski definition) is 4. The number of phenolic OH excluding ortho intramolecular Hbond substituents is 1. The lowest BCUT2D eigenvalue weighted by Gasteiger charge is -2.12. The molecule has 1 aliphatic heterocycles. The van der Waals surface area contributed by atoms with E-state index in [4.69, 9.17) is 9.57 Å². The highest BCUT2D eigenvalue weighted by Crippen LogP contribution is 2.38. The Morgan fingerprint density at radius 1 is 1.19 bits per heavy atom. The maximum Gasteiger partial charge on any atom is 0.164 e. The van der Waals surface area contributed by atoms with Gasteiger partial charge in [-0.05, 0) is 11.6 Å². The highest BCUT2D eigenvalue weighted by molar-refractivity contribution is 5.87. The van der Waals surface area contributed by atoms with Crippen molar-refractivity contribution in [3.63, 3.8) is 0 Å². The van der Waals surface area contributed by atoms with Crippen molar-refractivity contribution in [1.29, 1.82) is 0 Å². The Kier molecular flexibility index (Phi) is 3.77. The number of oxime groups is 1. The molecule has 1 N–H and O–H groups in total. The van der Waals surface area contributed by atoms with Crippen LogP contribution in [-0.4, -0.2) is 17.9 Å². The Morgan fingerprint density at radius 3 is 2.76 bits per heavy atom. The van der Waals surface area contributed by atoms with E-state index in [1.165, 1.54) is 12.7 Å². The predicted octanol–water partition coefficient (Wildman–Crippen LogP) is 3.46. The molecule has 4 nitrogen and oxygen atoms in total. The Labute approximate surface area is 123 Å². The second kappa shape index (κ2) is 5.87. The molecule has 4 heteroatoms. The van der Waals surface area contributed by atoms with E-state index in [1.54, 1.807) is 6.07 Å². The molecule has 1 atom stereocenters. The van der Waals surface area contributed by atoms with E-state index >= 15 is 0 Å². The van der Waals surface area contributed by atoms with Crippen LogP contribution >= 0.6 is 0 Å². The van der Waals surface area contributed by atoms with E-state index in [0.29, 0.717) is 17.7 Å². The van der Waals surface area contributed by atoms with Crippen molar-refractivity contribution < 1.29 is 14.7 Å². The molecule has 0 unspecified atom stereocenters. The average molecular weight is 283 g/mol. The number of hydrogen-bond donors (Lipinski definition) is 1. The summed E-state index contributed by atoms with van der Waals surface area (Å²) >= 11 is 0. The molecular weight excluding hydrogens is 266 g/mol. The lowest BCUT2D eigenvalue weighted by atomic mass is 9.99. The van der Waals surface area contributed by atoms with Gasteiger partial charge in [0.1, 0.15) is 0 Å². The standard InChI is InChI=1S/C17H17NO3/c1-20-15-9-5-8-14(17(15)19)16-11-13(18-21-16)10-12-6-3-2-4-7-12/h2-9,16,19H,10-11H2,1H3/t16-/m0/s1. The zero-order chi connectivity index (χ0) is 14.7. The van der Waals surface area contributed by atoms with Crippen LogP contribution in [0.3, 0.4) is 0 Å². The minimum atomic E-state index is -0.251. The van der Waals surface area contributed by atoms with E-state index in [1.807, 2.05) is 30.3 Å². The van der Waals surface area contributed by atoms with Gasteiger partial charge in [0.2, 0.25) is 0 Å². The molecule has 2 aromatic rings. The number of benzene rings is 2. The van der Waals surface area contributed by atoms with Crippen LogP contribution in [0.5, 0.6) is 11.5 Å². The molecule has 0 bridgehead atoms. The number of methoxy groups -OCH3 is 1. The third-order valence-corrected chi connectivity index (χ3v) is 3.58. The smallest absolute Gasteiger partial charge is 0.164 e. The zero-order valence-corrected chi connectivity index (χ0v) is 11.8. The van der Waals surface area contributed by atoms with Gasteiger partial charge in [0, 0.05) is 18.4 Å². The van der Waals surface area contributed by atoms with Crippen molar-refractivity contribution >= 4 is 5.71 Å². The van der Waals surface area contributed by atoms with E-state index < -0.39 is 0 Å². The molecule has 0 amide bonds. The molecule has 1 aliphatic rings. The maximum absolute atomic E-state index is 10.2. The van der Waals surface area contributed by atoms with Gasteiger partial charge < -0.3 is 14.7 Å². The summed E-state index contributed by atoms with van der Waals surface area (Å²) in [5.41, 5.74) is 2.89. The fourth-order valence-corrected chi connectivity index (χ4v) is 2.49. The summed E-state index contributed by atoms with van der Waals surface area (Å²) in [7, 11) is 1.53. The predicted molar refractivity (Wildman–Crippen MR) is 80.7 cm³/mol. The topological polar surface area (TPSA) is 51.0 Å². The Balaban J connectivity index is 1.72. The third-order valence-electron chi connectivity index (χ3n) is 3.58. The summed E-state index contributed by atoms with van der Waals surface area (Å²) in [6.45, 7) is 0. The molecule has 108 valence electrons. The number of rotatable bonds is 4. The van der Waals surface area contributed by atoms with Crippen LogP contribution in [0, 0.1) is 0 Å². The average Bonchev–Trinajstić information content (AvgIpc) is 2.97. The number of aromatic hydroxyl groups is 1. The van der Waals surface area contributed by atoms with E-state index in [9.17, 15) is 5.11 Å². The van der Waals surface area contributed by atoms with Gasteiger partial charge in [0.15, 0.2) is 17.6 Å². The van der Waals surface area contributed by atoms with Crippen LogP contribution in [0.1, 0.15) is 23.7 Å². The van der Waals surface area contributed by atoms with Crippen molar-refractivity contribution in [1.82, 2.24) is 0 Å². The second-order valence-corrected chi connectivity index (χ2v) is 5.02. The molecule has 0 fully saturated rings. The van der Waals surface area contributed by atoms with Crippen LogP contribution in [-0.2, 0) is 11.3 Å². The van der Waals surface area contributed by atoms with Gasteiger partial charge >= 0.3 is 0 Å². The van der Waals surface area contributed by atoms with Crippen LogP contribution in [0.4, 0.5) is 0 Å². The fourth-order valence-electron chi connectivity index (χ4n) is 2.49. The van der Waals surface area contributed by atoms with Crippen LogP contribution in [0.15, 0.2) is 53.7 Å². The van der Waals surface area contributed by atoms with E-state index in [0.717, 1.165) is 12.1 Å². The quantitative estimate of drug-likeness (QED) is 0.934. The summed E-state index contributed by atoms with van der Waals surface area (Å²) in [5.74, 6) is 0.578. The number of para-hydroxylation sites is 1. The molecule has 0 saturated heterocycles. The molecule has 0 spiro atoms. The van der Waals surface area contributed by atoms with E-state index in [-0.39, 0.29) is 11.9 Å². The van der Waals surface area contributed by atoms with Gasteiger partial charge in [-0.15, -0.1) is 0 Å². The molecular formula is C17H17NO3. The van der Waals surface area contributed by atoms with Gasteiger partial charge in [-0.1, -0.05) is 47.6 Å². The van der Waals surface area contributed by atoms with Gasteiger partial charge in [0.05, 0.1) is 12.8 Å². The first-order valence-electron chi connectivity index (χ1n) is 6.89. The van der Waals surface area contributed by atoms with Crippen molar-refractivity contribution in [2.45, 2.75) is 18.9 Å². The third kappa shape index (κ3) is 2.84. The molecule has 0 aliphatic carbocycles. The first-order valence-corrected chi connectivity index (χ1v) is 6.89. The Morgan fingerprint density at radius 2 is 2.00 bits per heavy atom. The van der Waals surface area contributed by atoms with Crippen molar-refractivity contribution in [3.05, 3.63) is 59.7 Å². The van der Waals surface area contributed by atoms with Crippen LogP contribution in [0.2, 0.25) is 0 Å². The van der Waals surface area contributed by atoms with E-state index in [2.05, 4.69) is 17.3 Å². The monoisotopic (exact) mass is 283 g/mol. The van der Waals surface area contributed by atoms with Gasteiger partial charge in [-0.25, -0.2) is 0 Å². The minimum absolute atomic E-state index is 0.126. The molecule has 3 rings (SSSR count). The molecule has 1 heterocycles. The summed E-state index contributed by atoms with van der Waals surface area (Å²) in [5, 5.41) is 14.3. The Bertz CT molecular complexity index is 652. The number of nitrogens with zero attached hydrogens (tertiary/aromatic N) is 1. The minimum Gasteiger partial charge on any atom is -0.504 e. The summed E-state index contributed by atoms with van der Waals surface area (Å²) in [6, 6.07) is 15.6. The lowest BCUT2D eigenvalue weighted by molar-refractivity contribution is 0.0834. The first-order chi connectivity index (χ1) is 10.3. The maximum atomic E-state index is 10.2. The fraction of sp³-hybridized carbons (Fsp3) is 0.235. The highest BCUT2D eigenvalue weighted by atomic mass is 16.6. The normalized spacial score (nSPS) is 17.2. The van der Waals surface area contributed by atoms with Gasteiger partial charge in [-0.3, -0.25) is 0 Å². The summed E-state index contributed by atoms with van der Waals surface area (Å²) < 4.78 is 5.12. The molecule has 0 saturated carbocycles. The summed E-state index contributed by atoms with van der Waals surface area (Å²) in [4.78, 5) is 5.48. The molecule has 2 aromatic carbocycles. The van der Waals surface area contributed by atoms with Crippen LogP contribution in [0.25, 0.3) is 0 Å². The lowest BCUT2D eigenvalue weighted by Crippen LogP contribution is -2.03. The van der Waals surface area contributed by atoms with Gasteiger partial charge in [0.25, 0.3) is 0 Å². The van der Waals surface area contributed by atoms with Gasteiger partial charge in [-0.2, -0.15) is 0 Å². The highest BCUT2D eigenvalue weighted by Gasteiger charge is 2.26. The van der Waals surface area contributed by atoms with Crippen molar-refractivity contribution in [2.24, 2.45) is 5.16 Å². The number of phenols is 1. The zero-order valence-electron chi connectivity index (χ0n) is 11.8. The first kappa shape index (κ1) is 13.5. The number of ether oxygens (including phenoxy) is 1. The molecule has 0 aromatic heterocycles. The summed E-state index contributed by atoms with van der Waals surface area (Å²) in [6.07, 6.45) is 1.19. The Hall–Kier alpha value is -2.49. The molecule has 0 radical (unpaired) electrons. The van der Waals surface area contributed by atoms with Crippen molar-refractivity contribution in [2.75, 3.05) is 7.11 Å². The largest absolute Gasteiger partial charge is 0.504 e. The van der Waals surface area contributed by atoms with Crippen LogP contribution < -0.4 is 4.74 Å². The SMILES string of the molecule is COc1cccc([C@@H]2CC(Cc3ccccc3)=NO2)c1O.